The summed E-state index contributed by atoms with van der Waals surface area (Å²) in [5, 5.41) is 0. The summed E-state index contributed by atoms with van der Waals surface area (Å²) in [7, 11) is 0. The van der Waals surface area contributed by atoms with Crippen LogP contribution in [0.25, 0.3) is 0 Å². The zero-order chi connectivity index (χ0) is 13.9. The average molecular weight is 275 g/mol. The van der Waals surface area contributed by atoms with Gasteiger partial charge in [0.25, 0.3) is 0 Å². The Morgan fingerprint density at radius 1 is 1.25 bits per heavy atom. The van der Waals surface area contributed by atoms with Crippen LogP contribution >= 0.6 is 0 Å². The van der Waals surface area contributed by atoms with Crippen LogP contribution in [-0.4, -0.2) is 55.2 Å². The van der Waals surface area contributed by atoms with E-state index in [9.17, 15) is 0 Å². The van der Waals surface area contributed by atoms with Gasteiger partial charge in [0, 0.05) is 44.5 Å². The monoisotopic (exact) mass is 275 g/mol. The molecule has 3 rings (SSSR count). The molecule has 0 aliphatic carbocycles. The largest absolute Gasteiger partial charge is 0.399 e. The standard InChI is InChI=1S/C16H25N3O/c1-13-10-14(2-3-16(13)17)11-18-5-4-15(12-18)19-6-8-20-9-7-19/h2-3,10,15H,4-9,11-12,17H2,1H3. The van der Waals surface area contributed by atoms with E-state index in [2.05, 4.69) is 28.9 Å². The molecule has 0 amide bonds. The smallest absolute Gasteiger partial charge is 0.0594 e. The summed E-state index contributed by atoms with van der Waals surface area (Å²) in [6.45, 7) is 9.50. The van der Waals surface area contributed by atoms with E-state index in [-0.39, 0.29) is 0 Å². The van der Waals surface area contributed by atoms with Gasteiger partial charge in [-0.05, 0) is 30.5 Å². The fourth-order valence-corrected chi connectivity index (χ4v) is 3.29. The van der Waals surface area contributed by atoms with Crippen molar-refractivity contribution in [1.82, 2.24) is 9.80 Å². The Morgan fingerprint density at radius 2 is 2.05 bits per heavy atom. The number of morpholine rings is 1. The molecular formula is C16H25N3O. The van der Waals surface area contributed by atoms with Crippen LogP contribution in [0.2, 0.25) is 0 Å². The molecule has 0 saturated carbocycles. The van der Waals surface area contributed by atoms with Crippen molar-refractivity contribution in [3.05, 3.63) is 29.3 Å². The molecular weight excluding hydrogens is 250 g/mol. The Bertz CT molecular complexity index is 457. The van der Waals surface area contributed by atoms with E-state index < -0.39 is 0 Å². The van der Waals surface area contributed by atoms with E-state index in [1.54, 1.807) is 0 Å². The predicted molar refractivity (Wildman–Crippen MR) is 81.7 cm³/mol. The lowest BCUT2D eigenvalue weighted by molar-refractivity contribution is 0.0184. The van der Waals surface area contributed by atoms with Gasteiger partial charge in [-0.1, -0.05) is 12.1 Å². The van der Waals surface area contributed by atoms with E-state index in [0.29, 0.717) is 6.04 Å². The zero-order valence-electron chi connectivity index (χ0n) is 12.3. The molecule has 2 fully saturated rings. The minimum absolute atomic E-state index is 0.716. The van der Waals surface area contributed by atoms with Crippen molar-refractivity contribution < 1.29 is 4.74 Å². The lowest BCUT2D eigenvalue weighted by Crippen LogP contribution is -2.44. The van der Waals surface area contributed by atoms with Crippen LogP contribution in [0, 0.1) is 6.92 Å². The first kappa shape index (κ1) is 13.9. The van der Waals surface area contributed by atoms with E-state index >= 15 is 0 Å². The van der Waals surface area contributed by atoms with Crippen molar-refractivity contribution in [2.45, 2.75) is 25.9 Å². The molecule has 1 unspecified atom stereocenters. The van der Waals surface area contributed by atoms with Gasteiger partial charge in [-0.3, -0.25) is 9.80 Å². The van der Waals surface area contributed by atoms with Gasteiger partial charge in [-0.25, -0.2) is 0 Å². The highest BCUT2D eigenvalue weighted by Crippen LogP contribution is 2.20. The topological polar surface area (TPSA) is 41.7 Å². The first-order valence-corrected chi connectivity index (χ1v) is 7.61. The van der Waals surface area contributed by atoms with Gasteiger partial charge in [0.15, 0.2) is 0 Å². The Hall–Kier alpha value is -1.10. The van der Waals surface area contributed by atoms with Crippen LogP contribution in [0.3, 0.4) is 0 Å². The molecule has 2 N–H and O–H groups in total. The second-order valence-electron chi connectivity index (χ2n) is 6.02. The minimum Gasteiger partial charge on any atom is -0.399 e. The highest BCUT2D eigenvalue weighted by atomic mass is 16.5. The Kier molecular flexibility index (Phi) is 4.24. The number of ether oxygens (including phenoxy) is 1. The van der Waals surface area contributed by atoms with E-state index in [0.717, 1.165) is 38.5 Å². The van der Waals surface area contributed by atoms with Gasteiger partial charge >= 0.3 is 0 Å². The number of anilines is 1. The molecule has 2 saturated heterocycles. The second-order valence-corrected chi connectivity index (χ2v) is 6.02. The number of hydrogen-bond acceptors (Lipinski definition) is 4. The van der Waals surface area contributed by atoms with Crippen molar-refractivity contribution in [3.63, 3.8) is 0 Å². The molecule has 0 radical (unpaired) electrons. The summed E-state index contributed by atoms with van der Waals surface area (Å²) >= 11 is 0. The van der Waals surface area contributed by atoms with Crippen LogP contribution in [0.15, 0.2) is 18.2 Å². The summed E-state index contributed by atoms with van der Waals surface area (Å²) < 4.78 is 5.44. The molecule has 0 bridgehead atoms. The first-order valence-electron chi connectivity index (χ1n) is 7.61. The van der Waals surface area contributed by atoms with E-state index in [4.69, 9.17) is 10.5 Å². The summed E-state index contributed by atoms with van der Waals surface area (Å²) in [5.41, 5.74) is 9.34. The molecule has 0 spiro atoms. The normalized spacial score (nSPS) is 25.1. The molecule has 1 atom stereocenters. The van der Waals surface area contributed by atoms with Crippen molar-refractivity contribution >= 4 is 5.69 Å². The van der Waals surface area contributed by atoms with Gasteiger partial charge < -0.3 is 10.5 Å². The molecule has 4 nitrogen and oxygen atoms in total. The van der Waals surface area contributed by atoms with E-state index in [1.165, 1.54) is 30.6 Å². The maximum atomic E-state index is 5.88. The molecule has 1 aromatic rings. The van der Waals surface area contributed by atoms with Gasteiger partial charge in [-0.2, -0.15) is 0 Å². The maximum Gasteiger partial charge on any atom is 0.0594 e. The highest BCUT2D eigenvalue weighted by Gasteiger charge is 2.28. The minimum atomic E-state index is 0.716. The molecule has 20 heavy (non-hydrogen) atoms. The number of hydrogen-bond donors (Lipinski definition) is 1. The second kappa shape index (κ2) is 6.12. The van der Waals surface area contributed by atoms with Crippen LogP contribution < -0.4 is 5.73 Å². The fraction of sp³-hybridized carbons (Fsp3) is 0.625. The van der Waals surface area contributed by atoms with Gasteiger partial charge in [0.2, 0.25) is 0 Å². The lowest BCUT2D eigenvalue weighted by Gasteiger charge is -2.32. The van der Waals surface area contributed by atoms with Crippen LogP contribution in [-0.2, 0) is 11.3 Å². The number of likely N-dealkylation sites (tertiary alicyclic amines) is 1. The summed E-state index contributed by atoms with van der Waals surface area (Å²) in [6.07, 6.45) is 1.29. The lowest BCUT2D eigenvalue weighted by atomic mass is 10.1. The summed E-state index contributed by atoms with van der Waals surface area (Å²) in [4.78, 5) is 5.16. The zero-order valence-corrected chi connectivity index (χ0v) is 12.3. The number of benzene rings is 1. The number of rotatable bonds is 3. The number of aryl methyl sites for hydroxylation is 1. The summed E-state index contributed by atoms with van der Waals surface area (Å²) in [6, 6.07) is 7.12. The average Bonchev–Trinajstić information content (AvgIpc) is 2.92. The van der Waals surface area contributed by atoms with Crippen molar-refractivity contribution in [2.75, 3.05) is 45.1 Å². The van der Waals surface area contributed by atoms with Crippen molar-refractivity contribution in [1.29, 1.82) is 0 Å². The SMILES string of the molecule is Cc1cc(CN2CCC(N3CCOCC3)C2)ccc1N. The van der Waals surface area contributed by atoms with Gasteiger partial charge in [0.05, 0.1) is 13.2 Å². The Morgan fingerprint density at radius 3 is 2.80 bits per heavy atom. The van der Waals surface area contributed by atoms with Gasteiger partial charge in [0.1, 0.15) is 0 Å². The van der Waals surface area contributed by atoms with E-state index in [1.807, 2.05) is 6.07 Å². The maximum absolute atomic E-state index is 5.88. The predicted octanol–water partition coefficient (Wildman–Crippen LogP) is 1.48. The highest BCUT2D eigenvalue weighted by molar-refractivity contribution is 5.47. The van der Waals surface area contributed by atoms with Crippen LogP contribution in [0.5, 0.6) is 0 Å². The third-order valence-electron chi connectivity index (χ3n) is 4.55. The third-order valence-corrected chi connectivity index (χ3v) is 4.55. The molecule has 2 aliphatic heterocycles. The molecule has 4 heteroatoms. The third kappa shape index (κ3) is 3.14. The number of nitrogen functional groups attached to an aromatic ring is 1. The molecule has 2 aliphatic rings. The van der Waals surface area contributed by atoms with Crippen LogP contribution in [0.1, 0.15) is 17.5 Å². The number of nitrogens with zero attached hydrogens (tertiary/aromatic N) is 2. The Balaban J connectivity index is 1.55. The molecule has 1 aromatic carbocycles. The van der Waals surface area contributed by atoms with Gasteiger partial charge in [-0.15, -0.1) is 0 Å². The fourth-order valence-electron chi connectivity index (χ4n) is 3.29. The summed E-state index contributed by atoms with van der Waals surface area (Å²) in [5.74, 6) is 0. The number of nitrogens with two attached hydrogens (primary N) is 1. The van der Waals surface area contributed by atoms with Crippen molar-refractivity contribution in [3.8, 4) is 0 Å². The molecule has 2 heterocycles. The van der Waals surface area contributed by atoms with Crippen molar-refractivity contribution in [2.24, 2.45) is 0 Å². The molecule has 110 valence electrons. The quantitative estimate of drug-likeness (QED) is 0.849. The first-order chi connectivity index (χ1) is 9.72. The van der Waals surface area contributed by atoms with Crippen LogP contribution in [0.4, 0.5) is 5.69 Å². The molecule has 0 aromatic heterocycles. The Labute approximate surface area is 121 Å².